The van der Waals surface area contributed by atoms with E-state index in [0.29, 0.717) is 0 Å². The molecule has 1 aromatic heterocycles. The minimum atomic E-state index is 0.747. The SMILES string of the molecule is CCCC(CCN)CCc1nncn1CCC. The molecule has 98 valence electrons. The molecule has 1 aromatic rings. The van der Waals surface area contributed by atoms with Crippen LogP contribution in [0.5, 0.6) is 0 Å². The van der Waals surface area contributed by atoms with E-state index in [2.05, 4.69) is 28.6 Å². The molecule has 0 spiro atoms. The summed E-state index contributed by atoms with van der Waals surface area (Å²) in [6.45, 7) is 6.24. The first-order chi connectivity index (χ1) is 8.31. The summed E-state index contributed by atoms with van der Waals surface area (Å²) in [5, 5.41) is 8.21. The van der Waals surface area contributed by atoms with E-state index in [4.69, 9.17) is 5.73 Å². The minimum Gasteiger partial charge on any atom is -0.330 e. The molecule has 1 unspecified atom stereocenters. The fraction of sp³-hybridized carbons (Fsp3) is 0.846. The molecule has 0 bridgehead atoms. The Kier molecular flexibility index (Phi) is 6.86. The molecule has 0 radical (unpaired) electrons. The van der Waals surface area contributed by atoms with Crippen LogP contribution >= 0.6 is 0 Å². The molecule has 0 aliphatic rings. The van der Waals surface area contributed by atoms with Gasteiger partial charge in [0.15, 0.2) is 0 Å². The van der Waals surface area contributed by atoms with Gasteiger partial charge >= 0.3 is 0 Å². The predicted molar refractivity (Wildman–Crippen MR) is 70.7 cm³/mol. The highest BCUT2D eigenvalue weighted by Gasteiger charge is 2.10. The highest BCUT2D eigenvalue weighted by Crippen LogP contribution is 2.17. The number of aromatic nitrogens is 3. The van der Waals surface area contributed by atoms with Gasteiger partial charge in [0.1, 0.15) is 12.2 Å². The monoisotopic (exact) mass is 238 g/mol. The number of nitrogens with two attached hydrogens (primary N) is 1. The van der Waals surface area contributed by atoms with Gasteiger partial charge in [0.25, 0.3) is 0 Å². The van der Waals surface area contributed by atoms with Gasteiger partial charge in [-0.25, -0.2) is 0 Å². The minimum absolute atomic E-state index is 0.747. The molecular weight excluding hydrogens is 212 g/mol. The van der Waals surface area contributed by atoms with E-state index >= 15 is 0 Å². The first kappa shape index (κ1) is 14.2. The highest BCUT2D eigenvalue weighted by atomic mass is 15.3. The molecular formula is C13H26N4. The molecule has 0 fully saturated rings. The Balaban J connectivity index is 2.43. The maximum Gasteiger partial charge on any atom is 0.132 e. The van der Waals surface area contributed by atoms with Crippen LogP contribution in [-0.2, 0) is 13.0 Å². The Hall–Kier alpha value is -0.900. The molecule has 0 aliphatic heterocycles. The second-order valence-corrected chi connectivity index (χ2v) is 4.71. The van der Waals surface area contributed by atoms with Gasteiger partial charge in [-0.15, -0.1) is 10.2 Å². The topological polar surface area (TPSA) is 56.7 Å². The van der Waals surface area contributed by atoms with Crippen molar-refractivity contribution >= 4 is 0 Å². The van der Waals surface area contributed by atoms with E-state index in [0.717, 1.165) is 44.1 Å². The first-order valence-electron chi connectivity index (χ1n) is 6.88. The zero-order chi connectivity index (χ0) is 12.5. The van der Waals surface area contributed by atoms with Crippen molar-refractivity contribution in [2.75, 3.05) is 6.54 Å². The fourth-order valence-corrected chi connectivity index (χ4v) is 2.31. The molecule has 0 saturated carbocycles. The second-order valence-electron chi connectivity index (χ2n) is 4.71. The van der Waals surface area contributed by atoms with E-state index < -0.39 is 0 Å². The molecule has 0 amide bonds. The Morgan fingerprint density at radius 1 is 1.24 bits per heavy atom. The predicted octanol–water partition coefficient (Wildman–Crippen LogP) is 2.39. The quantitative estimate of drug-likeness (QED) is 0.718. The highest BCUT2D eigenvalue weighted by molar-refractivity contribution is 4.86. The molecule has 2 N–H and O–H groups in total. The third-order valence-electron chi connectivity index (χ3n) is 3.21. The van der Waals surface area contributed by atoms with Crippen LogP contribution in [0.15, 0.2) is 6.33 Å². The van der Waals surface area contributed by atoms with E-state index in [1.165, 1.54) is 19.3 Å². The van der Waals surface area contributed by atoms with Crippen molar-refractivity contribution in [1.29, 1.82) is 0 Å². The Bertz CT molecular complexity index is 289. The molecule has 1 rings (SSSR count). The summed E-state index contributed by atoms with van der Waals surface area (Å²) >= 11 is 0. The first-order valence-corrected chi connectivity index (χ1v) is 6.88. The molecule has 17 heavy (non-hydrogen) atoms. The van der Waals surface area contributed by atoms with Gasteiger partial charge in [0.2, 0.25) is 0 Å². The summed E-state index contributed by atoms with van der Waals surface area (Å²) in [7, 11) is 0. The summed E-state index contributed by atoms with van der Waals surface area (Å²) in [4.78, 5) is 0. The molecule has 4 nitrogen and oxygen atoms in total. The molecule has 1 atom stereocenters. The fourth-order valence-electron chi connectivity index (χ4n) is 2.31. The molecule has 0 aromatic carbocycles. The van der Waals surface area contributed by atoms with Gasteiger partial charge in [-0.2, -0.15) is 0 Å². The van der Waals surface area contributed by atoms with Crippen LogP contribution in [-0.4, -0.2) is 21.3 Å². The second kappa shape index (κ2) is 8.23. The summed E-state index contributed by atoms with van der Waals surface area (Å²) in [6.07, 6.45) is 8.85. The van der Waals surface area contributed by atoms with Gasteiger partial charge in [-0.1, -0.05) is 26.7 Å². The van der Waals surface area contributed by atoms with Crippen LogP contribution in [0.25, 0.3) is 0 Å². The summed E-state index contributed by atoms with van der Waals surface area (Å²) < 4.78 is 2.17. The lowest BCUT2D eigenvalue weighted by Gasteiger charge is -2.14. The third-order valence-corrected chi connectivity index (χ3v) is 3.21. The van der Waals surface area contributed by atoms with E-state index in [1.807, 2.05) is 6.33 Å². The maximum absolute atomic E-state index is 5.65. The average Bonchev–Trinajstić information content (AvgIpc) is 2.75. The molecule has 0 aliphatic carbocycles. The Labute approximate surface area is 105 Å². The van der Waals surface area contributed by atoms with Crippen LogP contribution < -0.4 is 5.73 Å². The van der Waals surface area contributed by atoms with Crippen molar-refractivity contribution in [3.8, 4) is 0 Å². The molecule has 1 heterocycles. The van der Waals surface area contributed by atoms with Crippen LogP contribution in [0, 0.1) is 5.92 Å². The number of nitrogens with zero attached hydrogens (tertiary/aromatic N) is 3. The van der Waals surface area contributed by atoms with Crippen LogP contribution in [0.1, 0.15) is 51.8 Å². The number of hydrogen-bond donors (Lipinski definition) is 1. The largest absolute Gasteiger partial charge is 0.330 e. The van der Waals surface area contributed by atoms with Crippen LogP contribution in [0.4, 0.5) is 0 Å². The van der Waals surface area contributed by atoms with Gasteiger partial charge in [-0.05, 0) is 31.7 Å². The smallest absolute Gasteiger partial charge is 0.132 e. The zero-order valence-corrected chi connectivity index (χ0v) is 11.2. The maximum atomic E-state index is 5.65. The lowest BCUT2D eigenvalue weighted by Crippen LogP contribution is -2.11. The van der Waals surface area contributed by atoms with Crippen molar-refractivity contribution in [2.24, 2.45) is 11.7 Å². The van der Waals surface area contributed by atoms with Crippen molar-refractivity contribution in [2.45, 2.75) is 58.9 Å². The standard InChI is InChI=1S/C13H26N4/c1-3-5-12(8-9-14)6-7-13-16-15-11-17(13)10-4-2/h11-12H,3-10,14H2,1-2H3. The van der Waals surface area contributed by atoms with Crippen molar-refractivity contribution in [3.63, 3.8) is 0 Å². The van der Waals surface area contributed by atoms with Gasteiger partial charge < -0.3 is 10.3 Å². The zero-order valence-electron chi connectivity index (χ0n) is 11.2. The van der Waals surface area contributed by atoms with Crippen molar-refractivity contribution in [1.82, 2.24) is 14.8 Å². The molecule has 4 heteroatoms. The van der Waals surface area contributed by atoms with Gasteiger partial charge in [0.05, 0.1) is 0 Å². The van der Waals surface area contributed by atoms with Gasteiger partial charge in [0, 0.05) is 13.0 Å². The Morgan fingerprint density at radius 3 is 2.71 bits per heavy atom. The Morgan fingerprint density at radius 2 is 2.06 bits per heavy atom. The van der Waals surface area contributed by atoms with E-state index in [-0.39, 0.29) is 0 Å². The lowest BCUT2D eigenvalue weighted by molar-refractivity contribution is 0.413. The summed E-state index contributed by atoms with van der Waals surface area (Å²) in [6, 6.07) is 0. The number of hydrogen-bond acceptors (Lipinski definition) is 3. The van der Waals surface area contributed by atoms with E-state index in [9.17, 15) is 0 Å². The number of aryl methyl sites for hydroxylation is 2. The molecule has 0 saturated heterocycles. The lowest BCUT2D eigenvalue weighted by atomic mass is 9.94. The van der Waals surface area contributed by atoms with Crippen molar-refractivity contribution < 1.29 is 0 Å². The average molecular weight is 238 g/mol. The van der Waals surface area contributed by atoms with Crippen LogP contribution in [0.3, 0.4) is 0 Å². The van der Waals surface area contributed by atoms with E-state index in [1.54, 1.807) is 0 Å². The normalized spacial score (nSPS) is 12.9. The van der Waals surface area contributed by atoms with Crippen molar-refractivity contribution in [3.05, 3.63) is 12.2 Å². The summed E-state index contributed by atoms with van der Waals surface area (Å²) in [5.74, 6) is 1.88. The summed E-state index contributed by atoms with van der Waals surface area (Å²) in [5.41, 5.74) is 5.65. The van der Waals surface area contributed by atoms with Gasteiger partial charge in [-0.3, -0.25) is 0 Å². The number of rotatable bonds is 9. The van der Waals surface area contributed by atoms with Crippen LogP contribution in [0.2, 0.25) is 0 Å². The third kappa shape index (κ3) is 4.86.